The van der Waals surface area contributed by atoms with Crippen molar-refractivity contribution in [1.82, 2.24) is 9.78 Å². The lowest BCUT2D eigenvalue weighted by atomic mass is 10.1. The van der Waals surface area contributed by atoms with Gasteiger partial charge in [0.25, 0.3) is 0 Å². The molecule has 2 rings (SSSR count). The van der Waals surface area contributed by atoms with Gasteiger partial charge in [-0.05, 0) is 30.2 Å². The van der Waals surface area contributed by atoms with Crippen LogP contribution in [0, 0.1) is 6.92 Å². The lowest BCUT2D eigenvalue weighted by Crippen LogP contribution is -1.91. The second-order valence-electron chi connectivity index (χ2n) is 3.79. The zero-order valence-electron chi connectivity index (χ0n) is 9.69. The second kappa shape index (κ2) is 3.89. The van der Waals surface area contributed by atoms with Crippen LogP contribution in [0.1, 0.15) is 5.56 Å². The highest BCUT2D eigenvalue weighted by atomic mass is 16.5. The highest BCUT2D eigenvalue weighted by molar-refractivity contribution is 5.74. The summed E-state index contributed by atoms with van der Waals surface area (Å²) >= 11 is 0. The number of rotatable bonds is 2. The van der Waals surface area contributed by atoms with Crippen LogP contribution < -0.4 is 10.5 Å². The lowest BCUT2D eigenvalue weighted by molar-refractivity contribution is 0.412. The number of ether oxygens (including phenoxy) is 1. The Labute approximate surface area is 94.6 Å². The number of anilines is 1. The molecule has 0 amide bonds. The van der Waals surface area contributed by atoms with Crippen LogP contribution in [0.3, 0.4) is 0 Å². The van der Waals surface area contributed by atoms with Crippen molar-refractivity contribution in [2.75, 3.05) is 12.8 Å². The van der Waals surface area contributed by atoms with E-state index in [9.17, 15) is 0 Å². The first-order chi connectivity index (χ1) is 7.61. The minimum absolute atomic E-state index is 0.548. The largest absolute Gasteiger partial charge is 0.496 e. The molecule has 0 atom stereocenters. The first kappa shape index (κ1) is 10.5. The molecule has 0 spiro atoms. The van der Waals surface area contributed by atoms with Gasteiger partial charge in [0.15, 0.2) is 5.82 Å². The summed E-state index contributed by atoms with van der Waals surface area (Å²) in [4.78, 5) is 0. The predicted molar refractivity (Wildman–Crippen MR) is 64.3 cm³/mol. The van der Waals surface area contributed by atoms with Crippen LogP contribution in [0.2, 0.25) is 0 Å². The summed E-state index contributed by atoms with van der Waals surface area (Å²) < 4.78 is 6.93. The molecular weight excluding hydrogens is 202 g/mol. The van der Waals surface area contributed by atoms with E-state index in [2.05, 4.69) is 5.10 Å². The summed E-state index contributed by atoms with van der Waals surface area (Å²) in [6, 6.07) is 5.97. The molecule has 0 fully saturated rings. The fourth-order valence-electron chi connectivity index (χ4n) is 1.77. The average Bonchev–Trinajstić information content (AvgIpc) is 2.58. The van der Waals surface area contributed by atoms with Crippen molar-refractivity contribution >= 4 is 5.82 Å². The van der Waals surface area contributed by atoms with Gasteiger partial charge in [-0.1, -0.05) is 6.07 Å². The molecule has 4 heteroatoms. The van der Waals surface area contributed by atoms with Crippen LogP contribution in [0.25, 0.3) is 11.1 Å². The number of nitrogens with two attached hydrogens (primary N) is 1. The molecule has 1 heterocycles. The van der Waals surface area contributed by atoms with Gasteiger partial charge in [-0.2, -0.15) is 5.10 Å². The Morgan fingerprint density at radius 3 is 2.62 bits per heavy atom. The number of hydrogen-bond donors (Lipinski definition) is 1. The molecular formula is C12H15N3O. The Bertz CT molecular complexity index is 517. The normalized spacial score (nSPS) is 10.4. The van der Waals surface area contributed by atoms with Crippen LogP contribution >= 0.6 is 0 Å². The highest BCUT2D eigenvalue weighted by Crippen LogP contribution is 2.28. The standard InChI is InChI=1S/C12H15N3O/c1-8-6-9(4-5-11(8)16-3)10-7-15(2)14-12(10)13/h4-7H,1-3H3,(H2,13,14). The van der Waals surface area contributed by atoms with E-state index < -0.39 is 0 Å². The van der Waals surface area contributed by atoms with E-state index in [-0.39, 0.29) is 0 Å². The number of nitrogen functional groups attached to an aromatic ring is 1. The smallest absolute Gasteiger partial charge is 0.153 e. The molecule has 2 N–H and O–H groups in total. The minimum atomic E-state index is 0.548. The van der Waals surface area contributed by atoms with Gasteiger partial charge in [0.2, 0.25) is 0 Å². The molecule has 0 aliphatic rings. The van der Waals surface area contributed by atoms with E-state index >= 15 is 0 Å². The first-order valence-electron chi connectivity index (χ1n) is 5.06. The molecule has 0 saturated carbocycles. The predicted octanol–water partition coefficient (Wildman–Crippen LogP) is 1.99. The van der Waals surface area contributed by atoms with Gasteiger partial charge >= 0.3 is 0 Å². The van der Waals surface area contributed by atoms with E-state index in [1.165, 1.54) is 0 Å². The van der Waals surface area contributed by atoms with Crippen molar-refractivity contribution in [1.29, 1.82) is 0 Å². The quantitative estimate of drug-likeness (QED) is 0.836. The summed E-state index contributed by atoms with van der Waals surface area (Å²) in [5.74, 6) is 1.43. The van der Waals surface area contributed by atoms with E-state index in [1.54, 1.807) is 11.8 Å². The molecule has 0 bridgehead atoms. The molecule has 4 nitrogen and oxygen atoms in total. The molecule has 1 aromatic carbocycles. The summed E-state index contributed by atoms with van der Waals surface area (Å²) in [5, 5.41) is 4.12. The Kier molecular flexibility index (Phi) is 2.56. The van der Waals surface area contributed by atoms with Crippen molar-refractivity contribution < 1.29 is 4.74 Å². The molecule has 84 valence electrons. The van der Waals surface area contributed by atoms with Gasteiger partial charge in [0.05, 0.1) is 7.11 Å². The topological polar surface area (TPSA) is 53.1 Å². The van der Waals surface area contributed by atoms with E-state index in [0.29, 0.717) is 5.82 Å². The first-order valence-corrected chi connectivity index (χ1v) is 5.06. The molecule has 1 aromatic heterocycles. The Morgan fingerprint density at radius 1 is 1.38 bits per heavy atom. The van der Waals surface area contributed by atoms with Crippen LogP contribution in [-0.2, 0) is 7.05 Å². The van der Waals surface area contributed by atoms with Crippen LogP contribution in [0.4, 0.5) is 5.82 Å². The third-order valence-corrected chi connectivity index (χ3v) is 2.56. The van der Waals surface area contributed by atoms with Crippen molar-refractivity contribution in [3.8, 4) is 16.9 Å². The molecule has 0 aliphatic carbocycles. The number of hydrogen-bond acceptors (Lipinski definition) is 3. The fourth-order valence-corrected chi connectivity index (χ4v) is 1.77. The van der Waals surface area contributed by atoms with Crippen LogP contribution in [-0.4, -0.2) is 16.9 Å². The van der Waals surface area contributed by atoms with E-state index in [4.69, 9.17) is 10.5 Å². The SMILES string of the molecule is COc1ccc(-c2cn(C)nc2N)cc1C. The number of aromatic nitrogens is 2. The molecule has 0 aliphatic heterocycles. The van der Waals surface area contributed by atoms with Crippen molar-refractivity contribution in [2.24, 2.45) is 7.05 Å². The summed E-state index contributed by atoms with van der Waals surface area (Å²) in [6.07, 6.45) is 1.91. The van der Waals surface area contributed by atoms with Gasteiger partial charge in [0.1, 0.15) is 5.75 Å². The Morgan fingerprint density at radius 2 is 2.12 bits per heavy atom. The third kappa shape index (κ3) is 1.74. The third-order valence-electron chi connectivity index (χ3n) is 2.56. The number of methoxy groups -OCH3 is 1. The summed E-state index contributed by atoms with van der Waals surface area (Å²) in [5.41, 5.74) is 8.93. The molecule has 16 heavy (non-hydrogen) atoms. The summed E-state index contributed by atoms with van der Waals surface area (Å²) in [7, 11) is 3.52. The number of nitrogens with zero attached hydrogens (tertiary/aromatic N) is 2. The zero-order valence-corrected chi connectivity index (χ0v) is 9.69. The van der Waals surface area contributed by atoms with Crippen molar-refractivity contribution in [3.63, 3.8) is 0 Å². The molecule has 0 unspecified atom stereocenters. The average molecular weight is 217 g/mol. The van der Waals surface area contributed by atoms with E-state index in [1.807, 2.05) is 38.4 Å². The van der Waals surface area contributed by atoms with E-state index in [0.717, 1.165) is 22.4 Å². The number of benzene rings is 1. The van der Waals surface area contributed by atoms with Gasteiger partial charge in [-0.15, -0.1) is 0 Å². The van der Waals surface area contributed by atoms with Crippen LogP contribution in [0.5, 0.6) is 5.75 Å². The van der Waals surface area contributed by atoms with Crippen molar-refractivity contribution in [3.05, 3.63) is 30.0 Å². The van der Waals surface area contributed by atoms with Crippen LogP contribution in [0.15, 0.2) is 24.4 Å². The maximum absolute atomic E-state index is 5.83. The minimum Gasteiger partial charge on any atom is -0.496 e. The molecule has 2 aromatic rings. The Balaban J connectivity index is 2.49. The lowest BCUT2D eigenvalue weighted by Gasteiger charge is -2.06. The maximum Gasteiger partial charge on any atom is 0.153 e. The molecule has 0 saturated heterocycles. The second-order valence-corrected chi connectivity index (χ2v) is 3.79. The van der Waals surface area contributed by atoms with Gasteiger partial charge in [-0.25, -0.2) is 0 Å². The zero-order chi connectivity index (χ0) is 11.7. The van der Waals surface area contributed by atoms with Gasteiger partial charge in [-0.3, -0.25) is 4.68 Å². The van der Waals surface area contributed by atoms with Crippen molar-refractivity contribution in [2.45, 2.75) is 6.92 Å². The number of aryl methyl sites for hydroxylation is 2. The maximum atomic E-state index is 5.83. The highest BCUT2D eigenvalue weighted by Gasteiger charge is 2.08. The molecule has 0 radical (unpaired) electrons. The Hall–Kier alpha value is -1.97. The summed E-state index contributed by atoms with van der Waals surface area (Å²) in [6.45, 7) is 2.01. The fraction of sp³-hybridized carbons (Fsp3) is 0.250. The van der Waals surface area contributed by atoms with Gasteiger partial charge in [0, 0.05) is 18.8 Å². The monoisotopic (exact) mass is 217 g/mol. The van der Waals surface area contributed by atoms with Gasteiger partial charge < -0.3 is 10.5 Å².